The first-order valence-corrected chi connectivity index (χ1v) is 9.64. The second kappa shape index (κ2) is 9.75. The van der Waals surface area contributed by atoms with Gasteiger partial charge in [-0.1, -0.05) is 19.1 Å². The molecule has 1 amide bonds. The minimum absolute atomic E-state index is 0.0737. The molecule has 1 saturated heterocycles. The number of likely N-dealkylation sites (N-methyl/N-ethyl adjacent to an activating group) is 1. The third-order valence-electron chi connectivity index (χ3n) is 4.94. The van der Waals surface area contributed by atoms with Gasteiger partial charge in [0.2, 0.25) is 17.5 Å². The molecule has 1 aromatic carbocycles. The Balaban J connectivity index is 1.67. The summed E-state index contributed by atoms with van der Waals surface area (Å²) in [5.41, 5.74) is 5.05. The van der Waals surface area contributed by atoms with E-state index in [2.05, 4.69) is 32.6 Å². The fourth-order valence-corrected chi connectivity index (χ4v) is 3.23. The van der Waals surface area contributed by atoms with Crippen molar-refractivity contribution in [1.82, 2.24) is 20.3 Å². The van der Waals surface area contributed by atoms with Crippen LogP contribution in [0.25, 0.3) is 0 Å². The van der Waals surface area contributed by atoms with Crippen molar-refractivity contribution < 1.29 is 14.6 Å². The van der Waals surface area contributed by atoms with Gasteiger partial charge in [0.05, 0.1) is 16.3 Å². The molecular formula is C18H22N8O5. The third kappa shape index (κ3) is 5.39. The highest BCUT2D eigenvalue weighted by atomic mass is 16.6. The van der Waals surface area contributed by atoms with Gasteiger partial charge in [-0.2, -0.15) is 0 Å². The van der Waals surface area contributed by atoms with Crippen molar-refractivity contribution in [3.63, 3.8) is 0 Å². The molecule has 3 rings (SSSR count). The van der Waals surface area contributed by atoms with Gasteiger partial charge in [-0.3, -0.25) is 35.9 Å². The van der Waals surface area contributed by atoms with Crippen LogP contribution in [-0.4, -0.2) is 63.3 Å². The van der Waals surface area contributed by atoms with E-state index in [1.165, 1.54) is 30.6 Å². The smallest absolute Gasteiger partial charge is 0.348 e. The van der Waals surface area contributed by atoms with E-state index in [1.807, 2.05) is 4.90 Å². The molecule has 1 fully saturated rings. The van der Waals surface area contributed by atoms with E-state index in [0.29, 0.717) is 18.7 Å². The number of aromatic nitrogens is 2. The number of piperazine rings is 1. The molecule has 0 spiro atoms. The molecule has 13 heteroatoms. The molecule has 1 aromatic heterocycles. The lowest BCUT2D eigenvalue weighted by Gasteiger charge is -2.34. The highest BCUT2D eigenvalue weighted by Crippen LogP contribution is 2.31. The van der Waals surface area contributed by atoms with Gasteiger partial charge < -0.3 is 9.80 Å². The number of anilines is 2. The molecule has 0 unspecified atom stereocenters. The second-order valence-electron chi connectivity index (χ2n) is 6.85. The lowest BCUT2D eigenvalue weighted by Crippen LogP contribution is -2.46. The topological polar surface area (TPSA) is 160 Å². The van der Waals surface area contributed by atoms with Crippen molar-refractivity contribution in [2.24, 2.45) is 0 Å². The average Bonchev–Trinajstić information content (AvgIpc) is 2.77. The molecule has 2 heterocycles. The van der Waals surface area contributed by atoms with E-state index < -0.39 is 15.8 Å². The van der Waals surface area contributed by atoms with Gasteiger partial charge in [0.1, 0.15) is 6.33 Å². The lowest BCUT2D eigenvalue weighted by atomic mass is 10.1. The standard InChI is InChI=1S/C18H22N8O5/c1-2-23-7-9-24(10-8-23)18-16(26(30)31)17(19-12-20-18)22-21-15(27)11-13-3-5-14(6-4-13)25(28)29/h3-6,12H,2,7-11H2,1H3,(H,21,27)(H,19,20,22). The number of hydrogen-bond acceptors (Lipinski definition) is 10. The van der Waals surface area contributed by atoms with Gasteiger partial charge in [-0.05, 0) is 12.1 Å². The summed E-state index contributed by atoms with van der Waals surface area (Å²) < 4.78 is 0. The summed E-state index contributed by atoms with van der Waals surface area (Å²) >= 11 is 0. The monoisotopic (exact) mass is 430 g/mol. The van der Waals surface area contributed by atoms with E-state index in [4.69, 9.17) is 0 Å². The maximum atomic E-state index is 12.2. The van der Waals surface area contributed by atoms with Crippen molar-refractivity contribution in [2.45, 2.75) is 13.3 Å². The summed E-state index contributed by atoms with van der Waals surface area (Å²) in [5.74, 6) is -0.410. The first-order chi connectivity index (χ1) is 14.9. The minimum Gasteiger partial charge on any atom is -0.348 e. The van der Waals surface area contributed by atoms with Gasteiger partial charge in [-0.25, -0.2) is 9.97 Å². The predicted molar refractivity (Wildman–Crippen MR) is 112 cm³/mol. The molecule has 0 atom stereocenters. The molecule has 0 aliphatic carbocycles. The summed E-state index contributed by atoms with van der Waals surface area (Å²) in [6, 6.07) is 5.55. The molecule has 1 aliphatic heterocycles. The molecule has 31 heavy (non-hydrogen) atoms. The Morgan fingerprint density at radius 2 is 1.74 bits per heavy atom. The van der Waals surface area contributed by atoms with Gasteiger partial charge in [0.15, 0.2) is 0 Å². The highest BCUT2D eigenvalue weighted by molar-refractivity contribution is 5.81. The van der Waals surface area contributed by atoms with Crippen molar-refractivity contribution in [2.75, 3.05) is 43.0 Å². The molecule has 0 radical (unpaired) electrons. The Hall–Kier alpha value is -3.87. The van der Waals surface area contributed by atoms with Crippen molar-refractivity contribution in [3.05, 3.63) is 56.4 Å². The fraction of sp³-hybridized carbons (Fsp3) is 0.389. The molecule has 2 aromatic rings. The van der Waals surface area contributed by atoms with Crippen molar-refractivity contribution >= 4 is 28.9 Å². The molecule has 2 N–H and O–H groups in total. The Morgan fingerprint density at radius 1 is 1.06 bits per heavy atom. The number of nitro groups is 2. The molecule has 0 saturated carbocycles. The summed E-state index contributed by atoms with van der Waals surface area (Å²) in [5, 5.41) is 22.4. The van der Waals surface area contributed by atoms with E-state index in [-0.39, 0.29) is 29.4 Å². The van der Waals surface area contributed by atoms with E-state index >= 15 is 0 Å². The van der Waals surface area contributed by atoms with Crippen LogP contribution in [0.2, 0.25) is 0 Å². The summed E-state index contributed by atoms with van der Waals surface area (Å²) in [6.07, 6.45) is 1.13. The van der Waals surface area contributed by atoms with Gasteiger partial charge in [0.25, 0.3) is 5.69 Å². The normalized spacial score (nSPS) is 14.2. The number of hydrogen-bond donors (Lipinski definition) is 2. The van der Waals surface area contributed by atoms with Crippen LogP contribution in [-0.2, 0) is 11.2 Å². The van der Waals surface area contributed by atoms with Gasteiger partial charge in [0, 0.05) is 38.3 Å². The van der Waals surface area contributed by atoms with Crippen LogP contribution in [0, 0.1) is 20.2 Å². The SMILES string of the molecule is CCN1CCN(c2ncnc(NNC(=O)Cc3ccc([N+](=O)[O-])cc3)c2[N+](=O)[O-])CC1. The Labute approximate surface area is 177 Å². The van der Waals surface area contributed by atoms with Crippen LogP contribution >= 0.6 is 0 Å². The fourth-order valence-electron chi connectivity index (χ4n) is 3.23. The van der Waals surface area contributed by atoms with Crippen LogP contribution in [0.1, 0.15) is 12.5 Å². The lowest BCUT2D eigenvalue weighted by molar-refractivity contribution is -0.384. The van der Waals surface area contributed by atoms with Crippen LogP contribution in [0.15, 0.2) is 30.6 Å². The number of nitrogens with zero attached hydrogens (tertiary/aromatic N) is 6. The molecule has 13 nitrogen and oxygen atoms in total. The van der Waals surface area contributed by atoms with Gasteiger partial charge in [-0.15, -0.1) is 0 Å². The highest BCUT2D eigenvalue weighted by Gasteiger charge is 2.29. The predicted octanol–water partition coefficient (Wildman–Crippen LogP) is 1.12. The summed E-state index contributed by atoms with van der Waals surface area (Å²) in [7, 11) is 0. The van der Waals surface area contributed by atoms with Crippen molar-refractivity contribution in [3.8, 4) is 0 Å². The Kier molecular flexibility index (Phi) is 6.87. The first kappa shape index (κ1) is 21.8. The largest absolute Gasteiger partial charge is 0.355 e. The molecular weight excluding hydrogens is 408 g/mol. The minimum atomic E-state index is -0.577. The number of non-ortho nitro benzene ring substituents is 1. The van der Waals surface area contributed by atoms with Crippen LogP contribution in [0.4, 0.5) is 23.0 Å². The van der Waals surface area contributed by atoms with Crippen LogP contribution in [0.5, 0.6) is 0 Å². The number of benzene rings is 1. The van der Waals surface area contributed by atoms with Crippen molar-refractivity contribution in [1.29, 1.82) is 0 Å². The van der Waals surface area contributed by atoms with E-state index in [9.17, 15) is 25.0 Å². The molecule has 0 bridgehead atoms. The number of nitro benzene ring substituents is 1. The summed E-state index contributed by atoms with van der Waals surface area (Å²) in [6.45, 7) is 5.70. The first-order valence-electron chi connectivity index (χ1n) is 9.64. The zero-order valence-corrected chi connectivity index (χ0v) is 16.9. The van der Waals surface area contributed by atoms with E-state index in [1.54, 1.807) is 0 Å². The Bertz CT molecular complexity index is 960. The quantitative estimate of drug-likeness (QED) is 0.459. The second-order valence-corrected chi connectivity index (χ2v) is 6.85. The number of amides is 1. The van der Waals surface area contributed by atoms with E-state index in [0.717, 1.165) is 19.6 Å². The number of rotatable bonds is 8. The van der Waals surface area contributed by atoms with Crippen LogP contribution in [0.3, 0.4) is 0 Å². The van der Waals surface area contributed by atoms with Gasteiger partial charge >= 0.3 is 5.69 Å². The molecule has 164 valence electrons. The Morgan fingerprint density at radius 3 is 2.32 bits per heavy atom. The maximum Gasteiger partial charge on any atom is 0.355 e. The maximum absolute atomic E-state index is 12.2. The number of carbonyl (C=O) groups excluding carboxylic acids is 1. The summed E-state index contributed by atoms with van der Waals surface area (Å²) in [4.78, 5) is 45.6. The third-order valence-corrected chi connectivity index (χ3v) is 4.94. The molecule has 1 aliphatic rings. The number of nitrogens with one attached hydrogen (secondary N) is 2. The number of hydrazine groups is 1. The zero-order chi connectivity index (χ0) is 22.4. The average molecular weight is 430 g/mol. The van der Waals surface area contributed by atoms with Crippen LogP contribution < -0.4 is 15.8 Å². The number of carbonyl (C=O) groups is 1. The zero-order valence-electron chi connectivity index (χ0n) is 16.9.